The minimum atomic E-state index is -0.296. The summed E-state index contributed by atoms with van der Waals surface area (Å²) in [5.74, 6) is -0.183. The molecule has 0 atom stereocenters. The van der Waals surface area contributed by atoms with Gasteiger partial charge in [0.15, 0.2) is 0 Å². The third-order valence-corrected chi connectivity index (χ3v) is 6.03. The molecule has 124 valence electrons. The van der Waals surface area contributed by atoms with E-state index in [0.29, 0.717) is 4.90 Å². The van der Waals surface area contributed by atoms with Crippen molar-refractivity contribution in [1.29, 1.82) is 0 Å². The van der Waals surface area contributed by atoms with Crippen molar-refractivity contribution >= 4 is 40.8 Å². The molecule has 0 aliphatic carbocycles. The number of amides is 1. The number of halogens is 1. The molecule has 0 radical (unpaired) electrons. The van der Waals surface area contributed by atoms with Crippen molar-refractivity contribution < 1.29 is 9.18 Å². The van der Waals surface area contributed by atoms with Crippen molar-refractivity contribution in [2.75, 3.05) is 10.7 Å². The molecule has 1 aliphatic heterocycles. The Hall–Kier alpha value is -2.24. The van der Waals surface area contributed by atoms with E-state index in [0.717, 1.165) is 21.2 Å². The number of nitrogens with zero attached hydrogens (tertiary/aromatic N) is 1. The van der Waals surface area contributed by atoms with Crippen LogP contribution in [0.2, 0.25) is 0 Å². The Bertz CT molecular complexity index is 899. The fourth-order valence-electron chi connectivity index (χ4n) is 2.74. The molecule has 1 aliphatic rings. The first-order valence-corrected chi connectivity index (χ1v) is 9.60. The Morgan fingerprint density at radius 2 is 1.44 bits per heavy atom. The zero-order chi connectivity index (χ0) is 17.2. The molecule has 0 aromatic heterocycles. The van der Waals surface area contributed by atoms with E-state index in [1.54, 1.807) is 34.9 Å². The molecular weight excluding hydrogens is 353 g/mol. The summed E-state index contributed by atoms with van der Waals surface area (Å²) in [6.45, 7) is 0. The number of para-hydroxylation sites is 2. The van der Waals surface area contributed by atoms with Gasteiger partial charge in [-0.05, 0) is 36.4 Å². The zero-order valence-electron chi connectivity index (χ0n) is 13.2. The van der Waals surface area contributed by atoms with Crippen LogP contribution >= 0.6 is 23.5 Å². The van der Waals surface area contributed by atoms with E-state index in [9.17, 15) is 9.18 Å². The van der Waals surface area contributed by atoms with Gasteiger partial charge in [-0.25, -0.2) is 4.39 Å². The molecule has 3 aromatic carbocycles. The second kappa shape index (κ2) is 6.94. The van der Waals surface area contributed by atoms with Crippen molar-refractivity contribution in [2.45, 2.75) is 14.7 Å². The van der Waals surface area contributed by atoms with Gasteiger partial charge in [-0.3, -0.25) is 9.69 Å². The number of rotatable bonds is 3. The highest BCUT2D eigenvalue weighted by atomic mass is 32.2. The standard InChI is InChI=1S/C20H14FNOS2/c21-14-7-1-4-10-17(14)24-13-20(23)22-15-8-2-5-11-18(15)25-19-12-6-3-9-16(19)22/h1-12H,13H2. The van der Waals surface area contributed by atoms with Crippen molar-refractivity contribution in [2.24, 2.45) is 0 Å². The van der Waals surface area contributed by atoms with Crippen LogP contribution in [-0.4, -0.2) is 11.7 Å². The minimum Gasteiger partial charge on any atom is -0.278 e. The maximum Gasteiger partial charge on any atom is 0.241 e. The minimum absolute atomic E-state index is 0.0616. The van der Waals surface area contributed by atoms with Crippen molar-refractivity contribution in [3.8, 4) is 0 Å². The van der Waals surface area contributed by atoms with E-state index in [1.165, 1.54) is 17.8 Å². The third-order valence-electron chi connectivity index (χ3n) is 3.87. The van der Waals surface area contributed by atoms with Gasteiger partial charge >= 0.3 is 0 Å². The highest BCUT2D eigenvalue weighted by Gasteiger charge is 2.27. The molecule has 2 nitrogen and oxygen atoms in total. The van der Waals surface area contributed by atoms with Crippen LogP contribution < -0.4 is 4.90 Å². The Kier molecular flexibility index (Phi) is 4.51. The van der Waals surface area contributed by atoms with Crippen LogP contribution in [-0.2, 0) is 4.79 Å². The second-order valence-electron chi connectivity index (χ2n) is 5.49. The van der Waals surface area contributed by atoms with Gasteiger partial charge in [0.2, 0.25) is 5.91 Å². The van der Waals surface area contributed by atoms with Gasteiger partial charge in [0.25, 0.3) is 0 Å². The van der Waals surface area contributed by atoms with Gasteiger partial charge in [0, 0.05) is 14.7 Å². The van der Waals surface area contributed by atoms with Gasteiger partial charge in [0.1, 0.15) is 5.82 Å². The van der Waals surface area contributed by atoms with Gasteiger partial charge in [-0.15, -0.1) is 11.8 Å². The molecule has 0 fully saturated rings. The van der Waals surface area contributed by atoms with Crippen LogP contribution in [0.15, 0.2) is 87.5 Å². The largest absolute Gasteiger partial charge is 0.278 e. The first-order valence-electron chi connectivity index (χ1n) is 7.80. The van der Waals surface area contributed by atoms with Gasteiger partial charge < -0.3 is 0 Å². The smallest absolute Gasteiger partial charge is 0.241 e. The Morgan fingerprint density at radius 1 is 0.880 bits per heavy atom. The normalized spacial score (nSPS) is 12.4. The van der Waals surface area contributed by atoms with Crippen LogP contribution in [0.4, 0.5) is 15.8 Å². The quantitative estimate of drug-likeness (QED) is 0.550. The average molecular weight is 367 g/mol. The SMILES string of the molecule is O=C(CSc1ccccc1F)N1c2ccccc2Sc2ccccc21. The summed E-state index contributed by atoms with van der Waals surface area (Å²) in [6, 6.07) is 22.3. The summed E-state index contributed by atoms with van der Waals surface area (Å²) in [6.07, 6.45) is 0. The van der Waals surface area contributed by atoms with Gasteiger partial charge in [0.05, 0.1) is 17.1 Å². The molecule has 0 unspecified atom stereocenters. The molecule has 0 spiro atoms. The number of hydrogen-bond acceptors (Lipinski definition) is 3. The molecule has 4 rings (SSSR count). The number of carbonyl (C=O) groups is 1. The lowest BCUT2D eigenvalue weighted by Gasteiger charge is -2.31. The van der Waals surface area contributed by atoms with Crippen LogP contribution in [0.5, 0.6) is 0 Å². The van der Waals surface area contributed by atoms with Crippen LogP contribution in [0, 0.1) is 5.82 Å². The van der Waals surface area contributed by atoms with Gasteiger partial charge in [-0.1, -0.05) is 48.2 Å². The second-order valence-corrected chi connectivity index (χ2v) is 7.59. The van der Waals surface area contributed by atoms with Crippen molar-refractivity contribution in [3.63, 3.8) is 0 Å². The molecule has 0 saturated carbocycles. The molecule has 5 heteroatoms. The first-order chi connectivity index (χ1) is 12.2. The van der Waals surface area contributed by atoms with E-state index in [4.69, 9.17) is 0 Å². The van der Waals surface area contributed by atoms with E-state index in [1.807, 2.05) is 48.5 Å². The van der Waals surface area contributed by atoms with Crippen molar-refractivity contribution in [1.82, 2.24) is 0 Å². The van der Waals surface area contributed by atoms with E-state index >= 15 is 0 Å². The number of benzene rings is 3. The maximum absolute atomic E-state index is 13.8. The zero-order valence-corrected chi connectivity index (χ0v) is 14.8. The highest BCUT2D eigenvalue weighted by Crippen LogP contribution is 2.48. The number of anilines is 2. The van der Waals surface area contributed by atoms with E-state index < -0.39 is 0 Å². The molecular formula is C20H14FNOS2. The number of hydrogen-bond donors (Lipinski definition) is 0. The van der Waals surface area contributed by atoms with Crippen LogP contribution in [0.1, 0.15) is 0 Å². The fraction of sp³-hybridized carbons (Fsp3) is 0.0500. The molecule has 0 N–H and O–H groups in total. The molecule has 25 heavy (non-hydrogen) atoms. The van der Waals surface area contributed by atoms with Crippen LogP contribution in [0.25, 0.3) is 0 Å². The predicted octanol–water partition coefficient (Wildman–Crippen LogP) is 5.75. The number of thioether (sulfide) groups is 1. The molecule has 3 aromatic rings. The highest BCUT2D eigenvalue weighted by molar-refractivity contribution is 8.00. The Morgan fingerprint density at radius 3 is 2.08 bits per heavy atom. The summed E-state index contributed by atoms with van der Waals surface area (Å²) >= 11 is 2.89. The summed E-state index contributed by atoms with van der Waals surface area (Å²) in [5, 5.41) is 0. The lowest BCUT2D eigenvalue weighted by atomic mass is 10.2. The lowest BCUT2D eigenvalue weighted by molar-refractivity contribution is -0.115. The van der Waals surface area contributed by atoms with Gasteiger partial charge in [-0.2, -0.15) is 0 Å². The summed E-state index contributed by atoms with van der Waals surface area (Å²) < 4.78 is 13.8. The molecule has 1 heterocycles. The first kappa shape index (κ1) is 16.2. The topological polar surface area (TPSA) is 20.3 Å². The van der Waals surface area contributed by atoms with Crippen LogP contribution in [0.3, 0.4) is 0 Å². The Balaban J connectivity index is 1.65. The van der Waals surface area contributed by atoms with E-state index in [-0.39, 0.29) is 17.5 Å². The predicted molar refractivity (Wildman–Crippen MR) is 101 cm³/mol. The maximum atomic E-state index is 13.8. The van der Waals surface area contributed by atoms with Crippen molar-refractivity contribution in [3.05, 3.63) is 78.6 Å². The third kappa shape index (κ3) is 3.17. The summed E-state index contributed by atoms with van der Waals surface area (Å²) in [7, 11) is 0. The number of carbonyl (C=O) groups excluding carboxylic acids is 1. The molecule has 1 amide bonds. The lowest BCUT2D eigenvalue weighted by Crippen LogP contribution is -2.29. The molecule has 0 saturated heterocycles. The Labute approximate surface area is 154 Å². The molecule has 0 bridgehead atoms. The summed E-state index contributed by atoms with van der Waals surface area (Å²) in [5.41, 5.74) is 1.76. The monoisotopic (exact) mass is 367 g/mol. The average Bonchev–Trinajstić information content (AvgIpc) is 2.65. The number of fused-ring (bicyclic) bond motifs is 2. The fourth-order valence-corrected chi connectivity index (χ4v) is 4.59. The summed E-state index contributed by atoms with van der Waals surface area (Å²) in [4.78, 5) is 17.3. The van der Waals surface area contributed by atoms with E-state index in [2.05, 4.69) is 0 Å².